The Morgan fingerprint density at radius 3 is 2.72 bits per heavy atom. The number of hydrogen-bond acceptors (Lipinski definition) is 4. The molecule has 18 heavy (non-hydrogen) atoms. The van der Waals surface area contributed by atoms with Gasteiger partial charge in [-0.05, 0) is 18.2 Å². The molecule has 6 heteroatoms. The van der Waals surface area contributed by atoms with Crippen molar-refractivity contribution in [3.8, 4) is 22.8 Å². The van der Waals surface area contributed by atoms with Crippen molar-refractivity contribution in [2.45, 2.75) is 0 Å². The highest BCUT2D eigenvalue weighted by Gasteiger charge is 2.06. The van der Waals surface area contributed by atoms with Gasteiger partial charge in [-0.15, -0.1) is 0 Å². The normalized spacial score (nSPS) is 10.9. The first-order chi connectivity index (χ1) is 8.65. The maximum Gasteiger partial charge on any atom is 0.158 e. The minimum Gasteiger partial charge on any atom is -0.504 e. The topological polar surface area (TPSA) is 73.5 Å². The molecule has 3 rings (SSSR count). The highest BCUT2D eigenvalue weighted by Crippen LogP contribution is 2.29. The summed E-state index contributed by atoms with van der Waals surface area (Å²) in [6.07, 6.45) is 1.75. The van der Waals surface area contributed by atoms with E-state index in [1.807, 2.05) is 0 Å². The molecule has 0 bridgehead atoms. The fourth-order valence-electron chi connectivity index (χ4n) is 1.76. The van der Waals surface area contributed by atoms with E-state index in [1.54, 1.807) is 28.9 Å². The van der Waals surface area contributed by atoms with Gasteiger partial charge in [0.1, 0.15) is 4.64 Å². The van der Waals surface area contributed by atoms with Crippen molar-refractivity contribution >= 4 is 17.9 Å². The number of phenols is 2. The predicted molar refractivity (Wildman–Crippen MR) is 69.1 cm³/mol. The Labute approximate surface area is 107 Å². The van der Waals surface area contributed by atoms with Gasteiger partial charge in [-0.25, -0.2) is 9.50 Å². The number of hydrogen-bond donors (Lipinski definition) is 3. The number of nitrogens with one attached hydrogen (secondary N) is 1. The number of aromatic amines is 1. The summed E-state index contributed by atoms with van der Waals surface area (Å²) in [5, 5.41) is 21.7. The molecule has 0 atom stereocenters. The van der Waals surface area contributed by atoms with Crippen LogP contribution in [-0.4, -0.2) is 24.8 Å². The van der Waals surface area contributed by atoms with Gasteiger partial charge in [0.05, 0.1) is 5.69 Å². The number of fused-ring (bicyclic) bond motifs is 1. The highest BCUT2D eigenvalue weighted by atomic mass is 32.1. The second kappa shape index (κ2) is 3.85. The van der Waals surface area contributed by atoms with Gasteiger partial charge in [-0.2, -0.15) is 0 Å². The quantitative estimate of drug-likeness (QED) is 0.463. The van der Waals surface area contributed by atoms with Crippen molar-refractivity contribution in [2.75, 3.05) is 0 Å². The van der Waals surface area contributed by atoms with E-state index in [0.29, 0.717) is 21.5 Å². The molecule has 0 fully saturated rings. The fraction of sp³-hybridized carbons (Fsp3) is 0. The molecule has 0 aliphatic heterocycles. The number of benzene rings is 1. The number of rotatable bonds is 1. The molecule has 0 saturated carbocycles. The summed E-state index contributed by atoms with van der Waals surface area (Å²) in [5.74, 6) is -0.337. The number of aromatic nitrogens is 3. The van der Waals surface area contributed by atoms with Crippen molar-refractivity contribution in [3.63, 3.8) is 0 Å². The minimum atomic E-state index is -0.179. The average molecular weight is 259 g/mol. The van der Waals surface area contributed by atoms with Crippen molar-refractivity contribution in [3.05, 3.63) is 41.2 Å². The van der Waals surface area contributed by atoms with Crippen molar-refractivity contribution < 1.29 is 10.2 Å². The van der Waals surface area contributed by atoms with Gasteiger partial charge < -0.3 is 10.2 Å². The van der Waals surface area contributed by atoms with E-state index in [2.05, 4.69) is 10.1 Å². The zero-order valence-corrected chi connectivity index (χ0v) is 9.98. The monoisotopic (exact) mass is 259 g/mol. The molecular formula is C12H9N3O2S. The zero-order chi connectivity index (χ0) is 12.7. The molecule has 3 aromatic rings. The summed E-state index contributed by atoms with van der Waals surface area (Å²) in [7, 11) is 0. The minimum absolute atomic E-state index is 0.158. The van der Waals surface area contributed by atoms with Crippen LogP contribution in [0, 0.1) is 4.64 Å². The van der Waals surface area contributed by atoms with Gasteiger partial charge in [0, 0.05) is 23.9 Å². The number of H-pyrrole nitrogens is 1. The Hall–Kier alpha value is -2.34. The van der Waals surface area contributed by atoms with E-state index in [4.69, 9.17) is 12.2 Å². The summed E-state index contributed by atoms with van der Waals surface area (Å²) in [6, 6.07) is 8.08. The van der Waals surface area contributed by atoms with E-state index in [-0.39, 0.29) is 11.5 Å². The van der Waals surface area contributed by atoms with E-state index < -0.39 is 0 Å². The van der Waals surface area contributed by atoms with Crippen LogP contribution in [0.4, 0.5) is 0 Å². The molecule has 0 saturated heterocycles. The maximum absolute atomic E-state index is 9.49. The summed E-state index contributed by atoms with van der Waals surface area (Å²) in [4.78, 5) is 4.41. The first-order valence-corrected chi connectivity index (χ1v) is 5.65. The molecule has 3 N–H and O–H groups in total. The Bertz CT molecular complexity index is 791. The summed E-state index contributed by atoms with van der Waals surface area (Å²) < 4.78 is 2.27. The van der Waals surface area contributed by atoms with Crippen LogP contribution in [0.5, 0.6) is 11.5 Å². The number of nitrogens with zero attached hydrogens (tertiary/aromatic N) is 2. The van der Waals surface area contributed by atoms with Crippen LogP contribution >= 0.6 is 12.2 Å². The maximum atomic E-state index is 9.49. The van der Waals surface area contributed by atoms with Crippen LogP contribution in [-0.2, 0) is 0 Å². The van der Waals surface area contributed by atoms with Crippen LogP contribution in [0.1, 0.15) is 0 Å². The van der Waals surface area contributed by atoms with Crippen molar-refractivity contribution in [2.24, 2.45) is 0 Å². The zero-order valence-electron chi connectivity index (χ0n) is 9.16. The lowest BCUT2D eigenvalue weighted by molar-refractivity contribution is 0.404. The molecule has 0 aliphatic rings. The molecule has 90 valence electrons. The third kappa shape index (κ3) is 1.63. The van der Waals surface area contributed by atoms with Crippen LogP contribution < -0.4 is 0 Å². The Morgan fingerprint density at radius 2 is 1.94 bits per heavy atom. The molecule has 0 spiro atoms. The highest BCUT2D eigenvalue weighted by molar-refractivity contribution is 7.71. The molecule has 0 amide bonds. The number of aromatic hydroxyl groups is 2. The van der Waals surface area contributed by atoms with Gasteiger partial charge in [0.2, 0.25) is 0 Å². The molecular weight excluding hydrogens is 250 g/mol. The SMILES string of the molecule is Oc1ccc(-c2cc(=S)n3[nH]ccc3n2)cc1O. The van der Waals surface area contributed by atoms with Gasteiger partial charge in [0.25, 0.3) is 0 Å². The van der Waals surface area contributed by atoms with Gasteiger partial charge in [-0.3, -0.25) is 5.10 Å². The summed E-state index contributed by atoms with van der Waals surface area (Å²) in [5.41, 5.74) is 2.04. The average Bonchev–Trinajstić information content (AvgIpc) is 2.81. The molecule has 0 aliphatic carbocycles. The fourth-order valence-corrected chi connectivity index (χ4v) is 2.02. The van der Waals surface area contributed by atoms with E-state index in [0.717, 1.165) is 0 Å². The third-order valence-corrected chi connectivity index (χ3v) is 2.95. The standard InChI is InChI=1S/C12H9N3O2S/c16-9-2-1-7(5-10(9)17)8-6-12(18)15-11(14-8)3-4-13-15/h1-6,13,16-17H. The van der Waals surface area contributed by atoms with Gasteiger partial charge in [-0.1, -0.05) is 12.2 Å². The summed E-state index contributed by atoms with van der Waals surface area (Å²) >= 11 is 5.23. The molecule has 2 aromatic heterocycles. The Kier molecular flexibility index (Phi) is 2.31. The molecule has 2 heterocycles. The third-order valence-electron chi connectivity index (χ3n) is 2.65. The van der Waals surface area contributed by atoms with Crippen molar-refractivity contribution in [1.29, 1.82) is 0 Å². The van der Waals surface area contributed by atoms with Crippen LogP contribution in [0.25, 0.3) is 16.9 Å². The second-order valence-electron chi connectivity index (χ2n) is 3.84. The number of phenolic OH excluding ortho intramolecular Hbond substituents is 2. The van der Waals surface area contributed by atoms with Crippen LogP contribution in [0.15, 0.2) is 36.5 Å². The van der Waals surface area contributed by atoms with Gasteiger partial charge in [0.15, 0.2) is 17.1 Å². The Balaban J connectivity index is 2.24. The lowest BCUT2D eigenvalue weighted by Crippen LogP contribution is -1.93. The van der Waals surface area contributed by atoms with Gasteiger partial charge >= 0.3 is 0 Å². The molecule has 0 radical (unpaired) electrons. The first kappa shape index (κ1) is 10.8. The van der Waals surface area contributed by atoms with E-state index in [9.17, 15) is 10.2 Å². The van der Waals surface area contributed by atoms with Crippen LogP contribution in [0.2, 0.25) is 0 Å². The Morgan fingerprint density at radius 1 is 1.11 bits per heavy atom. The summed E-state index contributed by atoms with van der Waals surface area (Å²) in [6.45, 7) is 0. The lowest BCUT2D eigenvalue weighted by atomic mass is 10.1. The molecule has 5 nitrogen and oxygen atoms in total. The largest absolute Gasteiger partial charge is 0.504 e. The van der Waals surface area contributed by atoms with E-state index >= 15 is 0 Å². The molecule has 1 aromatic carbocycles. The van der Waals surface area contributed by atoms with Crippen molar-refractivity contribution in [1.82, 2.24) is 14.6 Å². The smallest absolute Gasteiger partial charge is 0.158 e. The first-order valence-electron chi connectivity index (χ1n) is 5.25. The van der Waals surface area contributed by atoms with E-state index in [1.165, 1.54) is 12.1 Å². The van der Waals surface area contributed by atoms with Crippen LogP contribution in [0.3, 0.4) is 0 Å². The lowest BCUT2D eigenvalue weighted by Gasteiger charge is -2.04. The second-order valence-corrected chi connectivity index (χ2v) is 4.26. The predicted octanol–water partition coefficient (Wildman–Crippen LogP) is 2.47. The molecule has 0 unspecified atom stereocenters.